The normalized spacial score (nSPS) is 16.6. The first-order chi connectivity index (χ1) is 9.16. The molecule has 1 aliphatic rings. The van der Waals surface area contributed by atoms with Crippen LogP contribution in [-0.2, 0) is 0 Å². The van der Waals surface area contributed by atoms with Gasteiger partial charge in [-0.15, -0.1) is 0 Å². The Labute approximate surface area is 117 Å². The Morgan fingerprint density at radius 2 is 1.63 bits per heavy atom. The summed E-state index contributed by atoms with van der Waals surface area (Å²) in [5.41, 5.74) is 3.83. The minimum atomic E-state index is 0.835. The van der Waals surface area contributed by atoms with Crippen LogP contribution in [0.1, 0.15) is 42.4 Å². The highest BCUT2D eigenvalue weighted by Crippen LogP contribution is 2.24. The van der Waals surface area contributed by atoms with Gasteiger partial charge in [-0.05, 0) is 64.3 Å². The number of ether oxygens (including phenoxy) is 1. The van der Waals surface area contributed by atoms with Crippen LogP contribution >= 0.6 is 0 Å². The lowest BCUT2D eigenvalue weighted by Crippen LogP contribution is -2.31. The maximum atomic E-state index is 5.99. The van der Waals surface area contributed by atoms with E-state index in [9.17, 15) is 0 Å². The van der Waals surface area contributed by atoms with Gasteiger partial charge in [0.05, 0.1) is 6.61 Å². The van der Waals surface area contributed by atoms with Crippen LogP contribution in [0.5, 0.6) is 5.75 Å². The zero-order valence-electron chi connectivity index (χ0n) is 12.7. The smallest absolute Gasteiger partial charge is 0.125 e. The van der Waals surface area contributed by atoms with Gasteiger partial charge in [0.25, 0.3) is 0 Å². The molecule has 1 aromatic carbocycles. The van der Waals surface area contributed by atoms with Crippen molar-refractivity contribution in [3.63, 3.8) is 0 Å². The molecular formula is C17H27NO. The van der Waals surface area contributed by atoms with Crippen molar-refractivity contribution in [1.82, 2.24) is 4.90 Å². The number of hydrogen-bond donors (Lipinski definition) is 0. The van der Waals surface area contributed by atoms with Crippen LogP contribution in [0.3, 0.4) is 0 Å². The highest BCUT2D eigenvalue weighted by Gasteiger charge is 2.10. The lowest BCUT2D eigenvalue weighted by atomic mass is 10.1. The fraction of sp³-hybridized carbons (Fsp3) is 0.647. The van der Waals surface area contributed by atoms with Crippen molar-refractivity contribution in [1.29, 1.82) is 0 Å². The molecule has 0 radical (unpaired) electrons. The molecule has 2 nitrogen and oxygen atoms in total. The molecular weight excluding hydrogens is 234 g/mol. The van der Waals surface area contributed by atoms with E-state index in [1.54, 1.807) is 0 Å². The summed E-state index contributed by atoms with van der Waals surface area (Å²) in [7, 11) is 0. The molecule has 1 fully saturated rings. The maximum Gasteiger partial charge on any atom is 0.125 e. The molecule has 0 unspecified atom stereocenters. The van der Waals surface area contributed by atoms with Crippen LogP contribution in [0.4, 0.5) is 0 Å². The summed E-state index contributed by atoms with van der Waals surface area (Å²) in [5.74, 6) is 1.09. The number of likely N-dealkylation sites (tertiary alicyclic amines) is 1. The molecule has 1 aliphatic heterocycles. The minimum absolute atomic E-state index is 0.835. The van der Waals surface area contributed by atoms with E-state index in [1.165, 1.54) is 55.6 Å². The summed E-state index contributed by atoms with van der Waals surface area (Å²) in [6.45, 7) is 11.0. The van der Waals surface area contributed by atoms with Gasteiger partial charge in [0, 0.05) is 6.54 Å². The topological polar surface area (TPSA) is 12.5 Å². The SMILES string of the molecule is Cc1cc(C)c(OCCCN2CCCCC2)c(C)c1. The fourth-order valence-corrected chi connectivity index (χ4v) is 3.04. The van der Waals surface area contributed by atoms with Crippen LogP contribution in [-0.4, -0.2) is 31.1 Å². The third-order valence-electron chi connectivity index (χ3n) is 3.92. The van der Waals surface area contributed by atoms with Crippen LogP contribution in [0.2, 0.25) is 0 Å². The van der Waals surface area contributed by atoms with Crippen molar-refractivity contribution in [2.75, 3.05) is 26.2 Å². The van der Waals surface area contributed by atoms with Crippen molar-refractivity contribution < 1.29 is 4.74 Å². The quantitative estimate of drug-likeness (QED) is 0.746. The maximum absolute atomic E-state index is 5.99. The predicted octanol–water partition coefficient (Wildman–Crippen LogP) is 3.87. The summed E-state index contributed by atoms with van der Waals surface area (Å²) in [5, 5.41) is 0. The molecule has 2 rings (SSSR count). The third-order valence-corrected chi connectivity index (χ3v) is 3.92. The molecule has 2 heteroatoms. The van der Waals surface area contributed by atoms with Gasteiger partial charge in [-0.2, -0.15) is 0 Å². The summed E-state index contributed by atoms with van der Waals surface area (Å²) >= 11 is 0. The van der Waals surface area contributed by atoms with Gasteiger partial charge in [-0.3, -0.25) is 0 Å². The van der Waals surface area contributed by atoms with Gasteiger partial charge in [0.1, 0.15) is 5.75 Å². The molecule has 1 saturated heterocycles. The van der Waals surface area contributed by atoms with E-state index in [0.717, 1.165) is 18.8 Å². The summed E-state index contributed by atoms with van der Waals surface area (Å²) < 4.78 is 5.99. The second-order valence-corrected chi connectivity index (χ2v) is 5.83. The van der Waals surface area contributed by atoms with Gasteiger partial charge in [-0.1, -0.05) is 24.1 Å². The first-order valence-electron chi connectivity index (χ1n) is 7.60. The number of aryl methyl sites for hydroxylation is 3. The van der Waals surface area contributed by atoms with E-state index in [0.29, 0.717) is 0 Å². The van der Waals surface area contributed by atoms with Crippen molar-refractivity contribution in [2.24, 2.45) is 0 Å². The molecule has 1 aromatic rings. The second-order valence-electron chi connectivity index (χ2n) is 5.83. The van der Waals surface area contributed by atoms with E-state index >= 15 is 0 Å². The average molecular weight is 261 g/mol. The predicted molar refractivity (Wildman–Crippen MR) is 81.1 cm³/mol. The number of piperidine rings is 1. The van der Waals surface area contributed by atoms with E-state index < -0.39 is 0 Å². The summed E-state index contributed by atoms with van der Waals surface area (Å²) in [6.07, 6.45) is 5.29. The Morgan fingerprint density at radius 1 is 1.00 bits per heavy atom. The van der Waals surface area contributed by atoms with Crippen LogP contribution in [0.15, 0.2) is 12.1 Å². The molecule has 1 heterocycles. The van der Waals surface area contributed by atoms with Gasteiger partial charge in [0.2, 0.25) is 0 Å². The second kappa shape index (κ2) is 6.95. The zero-order valence-corrected chi connectivity index (χ0v) is 12.7. The van der Waals surface area contributed by atoms with E-state index in [-0.39, 0.29) is 0 Å². The number of rotatable bonds is 5. The van der Waals surface area contributed by atoms with Crippen LogP contribution < -0.4 is 4.74 Å². The Bertz CT molecular complexity index is 385. The Kier molecular flexibility index (Phi) is 5.26. The molecule has 0 N–H and O–H groups in total. The van der Waals surface area contributed by atoms with Crippen molar-refractivity contribution in [2.45, 2.75) is 46.5 Å². The van der Waals surface area contributed by atoms with Gasteiger partial charge in [-0.25, -0.2) is 0 Å². The van der Waals surface area contributed by atoms with Gasteiger partial charge >= 0.3 is 0 Å². The number of nitrogens with zero attached hydrogens (tertiary/aromatic N) is 1. The Balaban J connectivity index is 1.76. The minimum Gasteiger partial charge on any atom is -0.493 e. The van der Waals surface area contributed by atoms with Crippen LogP contribution in [0.25, 0.3) is 0 Å². The monoisotopic (exact) mass is 261 g/mol. The fourth-order valence-electron chi connectivity index (χ4n) is 3.04. The van der Waals surface area contributed by atoms with Gasteiger partial charge < -0.3 is 9.64 Å². The third kappa shape index (κ3) is 4.24. The van der Waals surface area contributed by atoms with Crippen molar-refractivity contribution in [3.8, 4) is 5.75 Å². The van der Waals surface area contributed by atoms with E-state index in [1.807, 2.05) is 0 Å². The highest BCUT2D eigenvalue weighted by atomic mass is 16.5. The summed E-state index contributed by atoms with van der Waals surface area (Å²) in [6, 6.07) is 4.40. The van der Waals surface area contributed by atoms with Gasteiger partial charge in [0.15, 0.2) is 0 Å². The van der Waals surface area contributed by atoms with Crippen molar-refractivity contribution in [3.05, 3.63) is 28.8 Å². The molecule has 0 aliphatic carbocycles. The first-order valence-corrected chi connectivity index (χ1v) is 7.60. The number of benzene rings is 1. The molecule has 106 valence electrons. The lowest BCUT2D eigenvalue weighted by Gasteiger charge is -2.26. The summed E-state index contributed by atoms with van der Waals surface area (Å²) in [4.78, 5) is 2.57. The molecule has 0 saturated carbocycles. The average Bonchev–Trinajstić information content (AvgIpc) is 2.38. The first kappa shape index (κ1) is 14.4. The molecule has 0 bridgehead atoms. The lowest BCUT2D eigenvalue weighted by molar-refractivity contribution is 0.204. The van der Waals surface area contributed by atoms with Crippen molar-refractivity contribution >= 4 is 0 Å². The zero-order chi connectivity index (χ0) is 13.7. The van der Waals surface area contributed by atoms with Crippen LogP contribution in [0, 0.1) is 20.8 Å². The molecule has 0 atom stereocenters. The standard InChI is InChI=1S/C17H27NO/c1-14-12-15(2)17(16(3)13-14)19-11-7-10-18-8-5-4-6-9-18/h12-13H,4-11H2,1-3H3. The van der Waals surface area contributed by atoms with E-state index in [2.05, 4.69) is 37.8 Å². The molecule has 19 heavy (non-hydrogen) atoms. The molecule has 0 amide bonds. The number of hydrogen-bond acceptors (Lipinski definition) is 2. The Morgan fingerprint density at radius 3 is 2.26 bits per heavy atom. The molecule has 0 spiro atoms. The van der Waals surface area contributed by atoms with E-state index in [4.69, 9.17) is 4.74 Å². The highest BCUT2D eigenvalue weighted by molar-refractivity contribution is 5.42. The Hall–Kier alpha value is -1.02. The molecule has 0 aromatic heterocycles. The largest absolute Gasteiger partial charge is 0.493 e.